The van der Waals surface area contributed by atoms with Crippen molar-refractivity contribution in [2.45, 2.75) is 4.90 Å². The zero-order valence-electron chi connectivity index (χ0n) is 5.61. The van der Waals surface area contributed by atoms with Gasteiger partial charge in [0.15, 0.2) is 11.1 Å². The molecule has 54 valence electrons. The lowest BCUT2D eigenvalue weighted by molar-refractivity contribution is 0.446. The number of rotatable bonds is 2. The quantitative estimate of drug-likeness (QED) is 0.646. The minimum absolute atomic E-state index is 0.699. The molecule has 1 aromatic rings. The molecule has 0 unspecified atom stereocenters. The van der Waals surface area contributed by atoms with Gasteiger partial charge in [-0.2, -0.15) is 0 Å². The van der Waals surface area contributed by atoms with E-state index in [4.69, 9.17) is 0 Å². The molecule has 0 bridgehead atoms. The van der Waals surface area contributed by atoms with Crippen LogP contribution < -0.4 is 0 Å². The van der Waals surface area contributed by atoms with Crippen LogP contribution in [-0.4, -0.2) is 11.3 Å². The van der Waals surface area contributed by atoms with Gasteiger partial charge in [0.25, 0.3) is 0 Å². The van der Waals surface area contributed by atoms with E-state index in [1.54, 1.807) is 12.1 Å². The van der Waals surface area contributed by atoms with Crippen LogP contribution in [-0.2, 0) is 15.3 Å². The molecule has 10 heavy (non-hydrogen) atoms. The summed E-state index contributed by atoms with van der Waals surface area (Å²) in [5.41, 5.74) is 0. The van der Waals surface area contributed by atoms with Crippen molar-refractivity contribution in [2.75, 3.05) is 7.11 Å². The highest BCUT2D eigenvalue weighted by Crippen LogP contribution is 2.04. The SMILES string of the molecule is CO[S@](=O)c1ccccc1. The predicted octanol–water partition coefficient (Wildman–Crippen LogP) is 1.36. The van der Waals surface area contributed by atoms with Crippen molar-refractivity contribution in [2.24, 2.45) is 0 Å². The van der Waals surface area contributed by atoms with E-state index in [1.165, 1.54) is 7.11 Å². The van der Waals surface area contributed by atoms with E-state index in [-0.39, 0.29) is 0 Å². The Kier molecular flexibility index (Phi) is 2.59. The Morgan fingerprint density at radius 1 is 1.30 bits per heavy atom. The van der Waals surface area contributed by atoms with Crippen molar-refractivity contribution in [1.29, 1.82) is 0 Å². The molecular weight excluding hydrogens is 148 g/mol. The maximum Gasteiger partial charge on any atom is 0.188 e. The minimum Gasteiger partial charge on any atom is -0.290 e. The molecule has 0 aromatic heterocycles. The molecule has 0 aliphatic rings. The fourth-order valence-corrected chi connectivity index (χ4v) is 1.20. The molecule has 0 saturated heterocycles. The molecule has 0 saturated carbocycles. The molecule has 0 N–H and O–H groups in total. The zero-order chi connectivity index (χ0) is 7.40. The first-order valence-electron chi connectivity index (χ1n) is 2.86. The predicted molar refractivity (Wildman–Crippen MR) is 39.9 cm³/mol. The third-order valence-corrected chi connectivity index (χ3v) is 2.05. The van der Waals surface area contributed by atoms with Crippen LogP contribution in [0.15, 0.2) is 35.2 Å². The van der Waals surface area contributed by atoms with Crippen LogP contribution in [0, 0.1) is 0 Å². The van der Waals surface area contributed by atoms with Gasteiger partial charge in [0.1, 0.15) is 0 Å². The highest BCUT2D eigenvalue weighted by molar-refractivity contribution is 7.80. The zero-order valence-corrected chi connectivity index (χ0v) is 6.43. The highest BCUT2D eigenvalue weighted by Gasteiger charge is 1.97. The molecule has 0 heterocycles. The lowest BCUT2D eigenvalue weighted by atomic mass is 10.4. The van der Waals surface area contributed by atoms with E-state index in [0.29, 0.717) is 4.90 Å². The summed E-state index contributed by atoms with van der Waals surface area (Å²) < 4.78 is 15.5. The summed E-state index contributed by atoms with van der Waals surface area (Å²) in [6.07, 6.45) is 0. The van der Waals surface area contributed by atoms with Gasteiger partial charge in [-0.05, 0) is 12.1 Å². The summed E-state index contributed by atoms with van der Waals surface area (Å²) in [4.78, 5) is 0.699. The van der Waals surface area contributed by atoms with Crippen LogP contribution in [0.25, 0.3) is 0 Å². The Hall–Kier alpha value is -0.670. The lowest BCUT2D eigenvalue weighted by Gasteiger charge is -1.95. The minimum atomic E-state index is -1.29. The number of benzene rings is 1. The van der Waals surface area contributed by atoms with E-state index in [2.05, 4.69) is 4.18 Å². The average Bonchev–Trinajstić information content (AvgIpc) is 2.05. The van der Waals surface area contributed by atoms with Crippen molar-refractivity contribution in [1.82, 2.24) is 0 Å². The molecule has 0 spiro atoms. The van der Waals surface area contributed by atoms with Crippen LogP contribution >= 0.6 is 0 Å². The van der Waals surface area contributed by atoms with Crippen molar-refractivity contribution < 1.29 is 8.39 Å². The Morgan fingerprint density at radius 2 is 1.90 bits per heavy atom. The van der Waals surface area contributed by atoms with Gasteiger partial charge in [-0.1, -0.05) is 18.2 Å². The summed E-state index contributed by atoms with van der Waals surface area (Å²) in [5, 5.41) is 0. The Balaban J connectivity index is 2.85. The second-order valence-electron chi connectivity index (χ2n) is 1.71. The topological polar surface area (TPSA) is 26.3 Å². The van der Waals surface area contributed by atoms with Crippen LogP contribution in [0.3, 0.4) is 0 Å². The molecule has 1 aromatic carbocycles. The summed E-state index contributed by atoms with van der Waals surface area (Å²) in [5.74, 6) is 0. The molecule has 1 atom stereocenters. The van der Waals surface area contributed by atoms with Gasteiger partial charge in [-0.3, -0.25) is 4.18 Å². The number of hydrogen-bond acceptors (Lipinski definition) is 2. The molecule has 1 rings (SSSR count). The maximum absolute atomic E-state index is 10.9. The van der Waals surface area contributed by atoms with Crippen molar-refractivity contribution in [3.63, 3.8) is 0 Å². The summed E-state index contributed by atoms with van der Waals surface area (Å²) in [7, 11) is 1.42. The van der Waals surface area contributed by atoms with E-state index in [9.17, 15) is 4.21 Å². The van der Waals surface area contributed by atoms with Gasteiger partial charge >= 0.3 is 0 Å². The first kappa shape index (κ1) is 7.44. The van der Waals surface area contributed by atoms with Crippen molar-refractivity contribution >= 4 is 11.1 Å². The van der Waals surface area contributed by atoms with Crippen LogP contribution in [0.4, 0.5) is 0 Å². The standard InChI is InChI=1S/C7H8O2S/c1-9-10(8)7-5-3-2-4-6-7/h2-6H,1H3/t10-/m0/s1. The number of hydrogen-bond donors (Lipinski definition) is 0. The fraction of sp³-hybridized carbons (Fsp3) is 0.143. The average molecular weight is 156 g/mol. The van der Waals surface area contributed by atoms with Gasteiger partial charge in [0, 0.05) is 0 Å². The second kappa shape index (κ2) is 3.49. The van der Waals surface area contributed by atoms with Gasteiger partial charge in [-0.15, -0.1) is 0 Å². The largest absolute Gasteiger partial charge is 0.290 e. The van der Waals surface area contributed by atoms with Gasteiger partial charge in [0.2, 0.25) is 0 Å². The van der Waals surface area contributed by atoms with Crippen LogP contribution in [0.2, 0.25) is 0 Å². The van der Waals surface area contributed by atoms with E-state index >= 15 is 0 Å². The van der Waals surface area contributed by atoms with Crippen LogP contribution in [0.1, 0.15) is 0 Å². The molecule has 0 aliphatic carbocycles. The van der Waals surface area contributed by atoms with Crippen molar-refractivity contribution in [3.05, 3.63) is 30.3 Å². The maximum atomic E-state index is 10.9. The third-order valence-electron chi connectivity index (χ3n) is 1.09. The van der Waals surface area contributed by atoms with Crippen LogP contribution in [0.5, 0.6) is 0 Å². The summed E-state index contributed by atoms with van der Waals surface area (Å²) >= 11 is -1.29. The monoisotopic (exact) mass is 156 g/mol. The molecule has 0 aliphatic heterocycles. The Bertz CT molecular complexity index is 220. The third kappa shape index (κ3) is 1.65. The van der Waals surface area contributed by atoms with Crippen molar-refractivity contribution in [3.8, 4) is 0 Å². The first-order valence-corrected chi connectivity index (χ1v) is 3.93. The molecule has 0 fully saturated rings. The first-order chi connectivity index (χ1) is 4.84. The van der Waals surface area contributed by atoms with E-state index in [1.807, 2.05) is 18.2 Å². The normalized spacial score (nSPS) is 12.9. The fourth-order valence-electron chi connectivity index (χ4n) is 0.628. The molecule has 0 amide bonds. The summed E-state index contributed by atoms with van der Waals surface area (Å²) in [6.45, 7) is 0. The highest BCUT2D eigenvalue weighted by atomic mass is 32.2. The molecule has 3 heteroatoms. The van der Waals surface area contributed by atoms with E-state index in [0.717, 1.165) is 0 Å². The molecular formula is C7H8O2S. The van der Waals surface area contributed by atoms with Gasteiger partial charge in [-0.25, -0.2) is 4.21 Å². The second-order valence-corrected chi connectivity index (χ2v) is 2.99. The van der Waals surface area contributed by atoms with Gasteiger partial charge in [0.05, 0.1) is 12.0 Å². The molecule has 2 nitrogen and oxygen atoms in total. The Morgan fingerprint density at radius 3 is 2.40 bits per heavy atom. The lowest BCUT2D eigenvalue weighted by Crippen LogP contribution is -1.91. The van der Waals surface area contributed by atoms with Gasteiger partial charge < -0.3 is 0 Å². The van der Waals surface area contributed by atoms with E-state index < -0.39 is 11.1 Å². The Labute approximate surface area is 62.5 Å². The summed E-state index contributed by atoms with van der Waals surface area (Å²) in [6, 6.07) is 9.05. The molecule has 0 radical (unpaired) electrons. The smallest absolute Gasteiger partial charge is 0.188 e.